The molecule has 0 aliphatic rings. The van der Waals surface area contributed by atoms with Gasteiger partial charge in [-0.1, -0.05) is 35.3 Å². The number of para-hydroxylation sites is 1. The highest BCUT2D eigenvalue weighted by molar-refractivity contribution is 6.34. The molecule has 0 radical (unpaired) electrons. The van der Waals surface area contributed by atoms with E-state index in [1.165, 1.54) is 12.1 Å². The van der Waals surface area contributed by atoms with Crippen molar-refractivity contribution in [3.05, 3.63) is 50.2 Å². The van der Waals surface area contributed by atoms with Crippen LogP contribution in [-0.2, 0) is 0 Å². The van der Waals surface area contributed by atoms with Crippen molar-refractivity contribution in [2.45, 2.75) is 6.43 Å². The Morgan fingerprint density at radius 1 is 1.32 bits per heavy atom. The van der Waals surface area contributed by atoms with Crippen LogP contribution in [0.1, 0.15) is 12.1 Å². The Kier molecular flexibility index (Phi) is 3.68. The fourth-order valence-corrected chi connectivity index (χ4v) is 2.01. The first-order valence-electron chi connectivity index (χ1n) is 4.89. The Morgan fingerprint density at radius 3 is 2.42 bits per heavy atom. The van der Waals surface area contributed by atoms with Crippen LogP contribution in [0, 0.1) is 10.1 Å². The fourth-order valence-electron chi connectivity index (χ4n) is 1.50. The summed E-state index contributed by atoms with van der Waals surface area (Å²) in [6, 6.07) is 6.14. The van der Waals surface area contributed by atoms with Gasteiger partial charge in [0.1, 0.15) is 0 Å². The zero-order valence-electron chi connectivity index (χ0n) is 9.06. The number of hydrogen-bond donors (Lipinski definition) is 0. The van der Waals surface area contributed by atoms with Gasteiger partial charge >= 0.3 is 5.69 Å². The van der Waals surface area contributed by atoms with E-state index in [-0.39, 0.29) is 10.7 Å². The minimum absolute atomic E-state index is 0.183. The van der Waals surface area contributed by atoms with E-state index in [1.54, 1.807) is 12.1 Å². The first-order valence-corrected chi connectivity index (χ1v) is 5.65. The molecule has 0 spiro atoms. The van der Waals surface area contributed by atoms with Gasteiger partial charge in [0.15, 0.2) is 0 Å². The quantitative estimate of drug-likeness (QED) is 0.635. The van der Waals surface area contributed by atoms with Crippen LogP contribution in [0.4, 0.5) is 14.5 Å². The average Bonchev–Trinajstić information content (AvgIpc) is 2.68. The zero-order valence-corrected chi connectivity index (χ0v) is 10.6. The summed E-state index contributed by atoms with van der Waals surface area (Å²) < 4.78 is 26.3. The van der Waals surface area contributed by atoms with Crippen molar-refractivity contribution in [2.75, 3.05) is 0 Å². The predicted octanol–water partition coefficient (Wildman–Crippen LogP) is 4.02. The van der Waals surface area contributed by atoms with Crippen molar-refractivity contribution in [3.63, 3.8) is 0 Å². The van der Waals surface area contributed by atoms with Crippen LogP contribution in [-0.4, -0.2) is 14.7 Å². The van der Waals surface area contributed by atoms with E-state index in [4.69, 9.17) is 23.2 Å². The molecule has 1 heterocycles. The molecule has 0 bridgehead atoms. The van der Waals surface area contributed by atoms with Gasteiger partial charge < -0.3 is 0 Å². The van der Waals surface area contributed by atoms with E-state index in [2.05, 4.69) is 5.10 Å². The van der Waals surface area contributed by atoms with Gasteiger partial charge in [0, 0.05) is 0 Å². The van der Waals surface area contributed by atoms with Crippen LogP contribution in [0.15, 0.2) is 24.3 Å². The van der Waals surface area contributed by atoms with Crippen molar-refractivity contribution < 1.29 is 13.7 Å². The van der Waals surface area contributed by atoms with E-state index in [1.807, 2.05) is 0 Å². The van der Waals surface area contributed by atoms with Crippen LogP contribution in [0.2, 0.25) is 10.2 Å². The molecule has 0 aliphatic carbocycles. The summed E-state index contributed by atoms with van der Waals surface area (Å²) in [5.74, 6) is 0. The molecule has 9 heteroatoms. The monoisotopic (exact) mass is 307 g/mol. The largest absolute Gasteiger partial charge is 0.335 e. The predicted molar refractivity (Wildman–Crippen MR) is 65.2 cm³/mol. The highest BCUT2D eigenvalue weighted by Gasteiger charge is 2.33. The second kappa shape index (κ2) is 5.10. The summed E-state index contributed by atoms with van der Waals surface area (Å²) in [5.41, 5.74) is -1.73. The van der Waals surface area contributed by atoms with E-state index in [0.29, 0.717) is 0 Å². The Hall–Kier alpha value is -1.73. The van der Waals surface area contributed by atoms with Crippen LogP contribution in [0.5, 0.6) is 0 Å². The molecule has 0 saturated carbocycles. The Balaban J connectivity index is 2.70. The summed E-state index contributed by atoms with van der Waals surface area (Å²) in [6.07, 6.45) is -3.11. The standard InChI is InChI=1S/C10H5Cl2F2N3O2/c11-5-3-1-2-4-6(5)16-9(12)8(17(18)19)7(15-16)10(13)14/h1-4,10H. The minimum atomic E-state index is -3.11. The number of rotatable bonds is 3. The topological polar surface area (TPSA) is 61.0 Å². The van der Waals surface area contributed by atoms with E-state index in [9.17, 15) is 18.9 Å². The van der Waals surface area contributed by atoms with Crippen LogP contribution < -0.4 is 0 Å². The third-order valence-electron chi connectivity index (χ3n) is 2.30. The highest BCUT2D eigenvalue weighted by atomic mass is 35.5. The average molecular weight is 308 g/mol. The summed E-state index contributed by atoms with van der Waals surface area (Å²) in [4.78, 5) is 9.78. The van der Waals surface area contributed by atoms with Crippen molar-refractivity contribution in [1.29, 1.82) is 0 Å². The number of nitrogens with zero attached hydrogens (tertiary/aromatic N) is 3. The number of hydrogen-bond acceptors (Lipinski definition) is 3. The van der Waals surface area contributed by atoms with Gasteiger partial charge in [-0.15, -0.1) is 0 Å². The summed E-state index contributed by atoms with van der Waals surface area (Å²) >= 11 is 11.6. The van der Waals surface area contributed by atoms with Crippen molar-refractivity contribution in [3.8, 4) is 5.69 Å². The lowest BCUT2D eigenvalue weighted by Gasteiger charge is -2.03. The van der Waals surface area contributed by atoms with Crippen molar-refractivity contribution in [1.82, 2.24) is 9.78 Å². The third kappa shape index (κ3) is 2.39. The van der Waals surface area contributed by atoms with Crippen LogP contribution >= 0.6 is 23.2 Å². The molecule has 0 amide bonds. The SMILES string of the molecule is O=[N+]([O-])c1c(C(F)F)nn(-c2ccccc2Cl)c1Cl. The molecule has 100 valence electrons. The molecule has 5 nitrogen and oxygen atoms in total. The third-order valence-corrected chi connectivity index (χ3v) is 2.96. The molecule has 0 saturated heterocycles. The lowest BCUT2D eigenvalue weighted by Crippen LogP contribution is -1.98. The van der Waals surface area contributed by atoms with Crippen molar-refractivity contribution in [2.24, 2.45) is 0 Å². The maximum atomic E-state index is 12.7. The van der Waals surface area contributed by atoms with E-state index >= 15 is 0 Å². The summed E-state index contributed by atoms with van der Waals surface area (Å²) in [6.45, 7) is 0. The molecule has 1 aromatic carbocycles. The Bertz CT molecular complexity index is 646. The lowest BCUT2D eigenvalue weighted by atomic mass is 10.3. The lowest BCUT2D eigenvalue weighted by molar-refractivity contribution is -0.386. The second-order valence-corrected chi connectivity index (χ2v) is 4.21. The first kappa shape index (κ1) is 13.7. The molecular formula is C10H5Cl2F2N3O2. The molecular weight excluding hydrogens is 303 g/mol. The molecule has 19 heavy (non-hydrogen) atoms. The first-order chi connectivity index (χ1) is 8.93. The number of alkyl halides is 2. The van der Waals surface area contributed by atoms with Gasteiger partial charge in [0.2, 0.25) is 10.8 Å². The second-order valence-electron chi connectivity index (χ2n) is 3.45. The maximum Gasteiger partial charge on any atom is 0.335 e. The molecule has 0 atom stereocenters. The Morgan fingerprint density at radius 2 is 1.95 bits per heavy atom. The molecule has 2 aromatic rings. The summed E-state index contributed by atoms with van der Waals surface area (Å²) in [7, 11) is 0. The molecule has 0 fully saturated rings. The molecule has 0 unspecified atom stereocenters. The minimum Gasteiger partial charge on any atom is -0.258 e. The molecule has 0 N–H and O–H groups in total. The maximum absolute atomic E-state index is 12.7. The van der Waals surface area contributed by atoms with Crippen molar-refractivity contribution >= 4 is 28.9 Å². The smallest absolute Gasteiger partial charge is 0.258 e. The van der Waals surface area contributed by atoms with Gasteiger partial charge in [-0.25, -0.2) is 13.5 Å². The van der Waals surface area contributed by atoms with Gasteiger partial charge in [0.25, 0.3) is 6.43 Å². The summed E-state index contributed by atoms with van der Waals surface area (Å²) in [5, 5.41) is 13.9. The van der Waals surface area contributed by atoms with Gasteiger partial charge in [0.05, 0.1) is 15.6 Å². The zero-order chi connectivity index (χ0) is 14.2. The number of benzene rings is 1. The number of aromatic nitrogens is 2. The number of nitro groups is 1. The van der Waals surface area contributed by atoms with Gasteiger partial charge in [-0.05, 0) is 12.1 Å². The van der Waals surface area contributed by atoms with E-state index in [0.717, 1.165) is 4.68 Å². The number of halogens is 4. The Labute approximate surface area is 115 Å². The van der Waals surface area contributed by atoms with Gasteiger partial charge in [-0.3, -0.25) is 10.1 Å². The molecule has 2 rings (SSSR count). The van der Waals surface area contributed by atoms with Gasteiger partial charge in [-0.2, -0.15) is 5.10 Å². The fraction of sp³-hybridized carbons (Fsp3) is 0.100. The molecule has 0 aliphatic heterocycles. The normalized spacial score (nSPS) is 11.0. The highest BCUT2D eigenvalue weighted by Crippen LogP contribution is 2.37. The molecule has 1 aromatic heterocycles. The van der Waals surface area contributed by atoms with E-state index < -0.39 is 27.9 Å². The van der Waals surface area contributed by atoms with Crippen LogP contribution in [0.25, 0.3) is 5.69 Å². The van der Waals surface area contributed by atoms with Crippen LogP contribution in [0.3, 0.4) is 0 Å².